The lowest BCUT2D eigenvalue weighted by atomic mass is 9.98. The van der Waals surface area contributed by atoms with Gasteiger partial charge in [-0.1, -0.05) is 30.3 Å². The van der Waals surface area contributed by atoms with Gasteiger partial charge in [0.05, 0.1) is 23.6 Å². The van der Waals surface area contributed by atoms with Gasteiger partial charge in [-0.05, 0) is 23.8 Å². The van der Waals surface area contributed by atoms with E-state index in [9.17, 15) is 19.1 Å². The van der Waals surface area contributed by atoms with Crippen molar-refractivity contribution in [3.63, 3.8) is 0 Å². The molecular weight excluding hydrogens is 325 g/mol. The summed E-state index contributed by atoms with van der Waals surface area (Å²) in [5.41, 5.74) is 0.642. The Labute approximate surface area is 141 Å². The number of amides is 1. The van der Waals surface area contributed by atoms with Crippen LogP contribution in [-0.2, 0) is 0 Å². The Morgan fingerprint density at radius 1 is 1.12 bits per heavy atom. The van der Waals surface area contributed by atoms with Crippen LogP contribution in [0.4, 0.5) is 4.39 Å². The van der Waals surface area contributed by atoms with E-state index in [-0.39, 0.29) is 35.4 Å². The van der Waals surface area contributed by atoms with E-state index in [1.54, 1.807) is 24.3 Å². The van der Waals surface area contributed by atoms with Crippen LogP contribution in [0.25, 0.3) is 11.0 Å². The number of halogens is 1. The zero-order chi connectivity index (χ0) is 17.6. The Hall–Kier alpha value is -2.99. The monoisotopic (exact) mass is 339 g/mol. The number of fused-ring (bicyclic) bond motifs is 2. The molecule has 25 heavy (non-hydrogen) atoms. The minimum Gasteiger partial charge on any atom is -0.450 e. The van der Waals surface area contributed by atoms with Gasteiger partial charge in [0.1, 0.15) is 11.4 Å². The zero-order valence-corrected chi connectivity index (χ0v) is 13.1. The molecule has 1 amide bonds. The topological polar surface area (TPSA) is 70.8 Å². The van der Waals surface area contributed by atoms with Crippen molar-refractivity contribution in [2.75, 3.05) is 13.2 Å². The summed E-state index contributed by atoms with van der Waals surface area (Å²) in [5.74, 6) is -1.06. The third-order valence-corrected chi connectivity index (χ3v) is 4.38. The molecule has 126 valence electrons. The molecule has 2 heterocycles. The fraction of sp³-hybridized carbons (Fsp3) is 0.158. The van der Waals surface area contributed by atoms with Crippen molar-refractivity contribution in [1.29, 1.82) is 0 Å². The number of rotatable bonds is 3. The molecule has 0 bridgehead atoms. The molecule has 0 aliphatic carbocycles. The summed E-state index contributed by atoms with van der Waals surface area (Å²) < 4.78 is 19.2. The van der Waals surface area contributed by atoms with Crippen LogP contribution in [0.15, 0.2) is 57.7 Å². The lowest BCUT2D eigenvalue weighted by Crippen LogP contribution is -2.32. The van der Waals surface area contributed by atoms with Gasteiger partial charge in [0.2, 0.25) is 5.76 Å². The quantitative estimate of drug-likeness (QED) is 0.796. The molecule has 5 nitrogen and oxygen atoms in total. The Morgan fingerprint density at radius 3 is 2.60 bits per heavy atom. The lowest BCUT2D eigenvalue weighted by molar-refractivity contribution is 0.0691. The average Bonchev–Trinajstić information content (AvgIpc) is 2.90. The first kappa shape index (κ1) is 15.5. The van der Waals surface area contributed by atoms with E-state index in [0.717, 1.165) is 11.6 Å². The molecule has 0 saturated carbocycles. The van der Waals surface area contributed by atoms with E-state index in [1.807, 2.05) is 6.07 Å². The molecule has 1 unspecified atom stereocenters. The van der Waals surface area contributed by atoms with Crippen molar-refractivity contribution in [2.45, 2.75) is 6.04 Å². The fourth-order valence-electron chi connectivity index (χ4n) is 3.31. The van der Waals surface area contributed by atoms with E-state index in [0.29, 0.717) is 0 Å². The molecule has 4 rings (SSSR count). The molecule has 2 aromatic carbocycles. The van der Waals surface area contributed by atoms with Crippen LogP contribution in [0.3, 0.4) is 0 Å². The summed E-state index contributed by atoms with van der Waals surface area (Å²) in [7, 11) is 0. The van der Waals surface area contributed by atoms with Gasteiger partial charge in [-0.2, -0.15) is 0 Å². The van der Waals surface area contributed by atoms with Gasteiger partial charge in [-0.25, -0.2) is 4.39 Å². The third-order valence-electron chi connectivity index (χ3n) is 4.38. The van der Waals surface area contributed by atoms with E-state index in [2.05, 4.69) is 0 Å². The Kier molecular flexibility index (Phi) is 3.62. The van der Waals surface area contributed by atoms with E-state index < -0.39 is 23.2 Å². The fourth-order valence-corrected chi connectivity index (χ4v) is 3.31. The number of β-amino-alcohol motifs (C(OH)–C–C–N with tert-alkyl or cyclic N) is 1. The van der Waals surface area contributed by atoms with Crippen LogP contribution in [0.2, 0.25) is 0 Å². The maximum atomic E-state index is 13.6. The van der Waals surface area contributed by atoms with E-state index in [4.69, 9.17) is 4.42 Å². The van der Waals surface area contributed by atoms with Crippen molar-refractivity contribution in [2.24, 2.45) is 0 Å². The van der Waals surface area contributed by atoms with Crippen LogP contribution in [0, 0.1) is 5.82 Å². The maximum Gasteiger partial charge on any atom is 0.290 e. The SMILES string of the molecule is O=C1c2oc3ccc(F)cc3c(=O)c2C(c2ccccc2)N1CCO. The van der Waals surface area contributed by atoms with Crippen LogP contribution < -0.4 is 5.43 Å². The highest BCUT2D eigenvalue weighted by Crippen LogP contribution is 2.37. The van der Waals surface area contributed by atoms with Crippen molar-refractivity contribution in [3.05, 3.63) is 81.5 Å². The van der Waals surface area contributed by atoms with Gasteiger partial charge in [0.15, 0.2) is 5.43 Å². The first-order valence-corrected chi connectivity index (χ1v) is 7.85. The standard InChI is InChI=1S/C19H14FNO4/c20-12-6-7-14-13(10-12)17(23)15-16(11-4-2-1-3-5-11)21(8-9-22)19(24)18(15)25-14/h1-7,10,16,22H,8-9H2. The van der Waals surface area contributed by atoms with E-state index >= 15 is 0 Å². The predicted octanol–water partition coefficient (Wildman–Crippen LogP) is 2.47. The smallest absolute Gasteiger partial charge is 0.290 e. The summed E-state index contributed by atoms with van der Waals surface area (Å²) in [4.78, 5) is 27.1. The molecule has 1 aliphatic heterocycles. The average molecular weight is 339 g/mol. The van der Waals surface area contributed by atoms with Crippen molar-refractivity contribution >= 4 is 16.9 Å². The predicted molar refractivity (Wildman–Crippen MR) is 88.8 cm³/mol. The minimum atomic E-state index is -0.667. The second-order valence-corrected chi connectivity index (χ2v) is 5.85. The van der Waals surface area contributed by atoms with Crippen LogP contribution in [-0.4, -0.2) is 29.1 Å². The van der Waals surface area contributed by atoms with Crippen molar-refractivity contribution in [1.82, 2.24) is 4.90 Å². The van der Waals surface area contributed by atoms with Crippen molar-refractivity contribution < 1.29 is 18.7 Å². The maximum absolute atomic E-state index is 13.6. The summed E-state index contributed by atoms with van der Waals surface area (Å²) in [5, 5.41) is 9.43. The second-order valence-electron chi connectivity index (χ2n) is 5.85. The van der Waals surface area contributed by atoms with Gasteiger partial charge in [-0.15, -0.1) is 0 Å². The molecule has 1 aliphatic rings. The van der Waals surface area contributed by atoms with Gasteiger partial charge in [-0.3, -0.25) is 9.59 Å². The number of hydrogen-bond donors (Lipinski definition) is 1. The highest BCUT2D eigenvalue weighted by atomic mass is 19.1. The molecule has 6 heteroatoms. The first-order valence-electron chi connectivity index (χ1n) is 7.85. The normalized spacial score (nSPS) is 16.5. The Bertz CT molecular complexity index is 1030. The summed E-state index contributed by atoms with van der Waals surface area (Å²) >= 11 is 0. The van der Waals surface area contributed by atoms with Gasteiger partial charge in [0, 0.05) is 6.54 Å². The molecule has 0 fully saturated rings. The van der Waals surface area contributed by atoms with E-state index in [1.165, 1.54) is 17.0 Å². The molecule has 1 aromatic heterocycles. The zero-order valence-electron chi connectivity index (χ0n) is 13.1. The van der Waals surface area contributed by atoms with Crippen LogP contribution >= 0.6 is 0 Å². The number of nitrogens with zero attached hydrogens (tertiary/aromatic N) is 1. The molecule has 1 N–H and O–H groups in total. The number of carbonyl (C=O) groups excluding carboxylic acids is 1. The summed E-state index contributed by atoms with van der Waals surface area (Å²) in [6.45, 7) is -0.182. The summed E-state index contributed by atoms with van der Waals surface area (Å²) in [6, 6.07) is 12.0. The van der Waals surface area contributed by atoms with Crippen molar-refractivity contribution in [3.8, 4) is 0 Å². The molecular formula is C19H14FNO4. The highest BCUT2D eigenvalue weighted by Gasteiger charge is 2.42. The number of aliphatic hydroxyl groups is 1. The molecule has 0 spiro atoms. The number of aliphatic hydroxyl groups excluding tert-OH is 1. The number of benzene rings is 2. The Balaban J connectivity index is 2.03. The van der Waals surface area contributed by atoms with Crippen LogP contribution in [0.1, 0.15) is 27.7 Å². The molecule has 1 atom stereocenters. The minimum absolute atomic E-state index is 0.0496. The largest absolute Gasteiger partial charge is 0.450 e. The second kappa shape index (κ2) is 5.82. The summed E-state index contributed by atoms with van der Waals surface area (Å²) in [6.07, 6.45) is 0. The van der Waals surface area contributed by atoms with Gasteiger partial charge < -0.3 is 14.4 Å². The van der Waals surface area contributed by atoms with Gasteiger partial charge in [0.25, 0.3) is 5.91 Å². The number of carbonyl (C=O) groups is 1. The highest BCUT2D eigenvalue weighted by molar-refractivity contribution is 5.99. The molecule has 0 radical (unpaired) electrons. The number of hydrogen-bond acceptors (Lipinski definition) is 4. The first-order chi connectivity index (χ1) is 12.1. The molecule has 3 aromatic rings. The van der Waals surface area contributed by atoms with Gasteiger partial charge >= 0.3 is 0 Å². The van der Waals surface area contributed by atoms with Crippen LogP contribution in [0.5, 0.6) is 0 Å². The molecule has 0 saturated heterocycles. The Morgan fingerprint density at radius 2 is 1.88 bits per heavy atom. The third kappa shape index (κ3) is 2.34. The lowest BCUT2D eigenvalue weighted by Gasteiger charge is -2.24.